The van der Waals surface area contributed by atoms with Crippen LogP contribution in [0.2, 0.25) is 0 Å². The van der Waals surface area contributed by atoms with Gasteiger partial charge in [-0.3, -0.25) is 19.2 Å². The second-order valence-electron chi connectivity index (χ2n) is 49.2. The van der Waals surface area contributed by atoms with E-state index in [1.54, 1.807) is 64.8 Å². The lowest BCUT2D eigenvalue weighted by atomic mass is 9.33. The molecule has 14 aliphatic carbocycles. The van der Waals surface area contributed by atoms with Crippen molar-refractivity contribution in [3.8, 4) is 23.9 Å². The molecule has 0 aromatic carbocycles. The predicted molar refractivity (Wildman–Crippen MR) is 542 cm³/mol. The largest absolute Gasteiger partial charge is 0.481 e. The lowest BCUT2D eigenvalue weighted by molar-refractivity contribution is -0.221. The van der Waals surface area contributed by atoms with Gasteiger partial charge in [0.15, 0.2) is 6.61 Å². The van der Waals surface area contributed by atoms with Crippen molar-refractivity contribution in [2.75, 3.05) is 78.9 Å². The van der Waals surface area contributed by atoms with E-state index in [1.165, 1.54) is 126 Å². The van der Waals surface area contributed by atoms with E-state index in [-0.39, 0.29) is 108 Å². The first kappa shape index (κ1) is 106. The van der Waals surface area contributed by atoms with Gasteiger partial charge in [-0.25, -0.2) is 26.8 Å². The molecule has 10 fully saturated rings. The minimum atomic E-state index is -3.09. The molecule has 2 aromatic heterocycles. The molecule has 2 aromatic rings. The van der Waals surface area contributed by atoms with E-state index in [9.17, 15) is 61.9 Å². The third-order valence-corrected chi connectivity index (χ3v) is 45.2. The van der Waals surface area contributed by atoms with Crippen molar-refractivity contribution in [3.05, 3.63) is 119 Å². The molecule has 0 spiro atoms. The number of esters is 1. The number of sulfone groups is 2. The number of halogens is 1. The molecule has 16 rings (SSSR count). The summed E-state index contributed by atoms with van der Waals surface area (Å²) in [6.45, 7) is 40.8. The van der Waals surface area contributed by atoms with Crippen LogP contribution in [0.1, 0.15) is 313 Å². The Bertz CT molecular complexity index is 5360. The Balaban J connectivity index is 0.000000205. The maximum absolute atomic E-state index is 14.0. The number of nitrogens with zero attached hydrogens (tertiary/aromatic N) is 6. The highest BCUT2D eigenvalue weighted by Gasteiger charge is 2.74. The number of ether oxygens (including phenoxy) is 3. The number of nitrogens with one attached hydrogen (secondary N) is 2. The van der Waals surface area contributed by atoms with Crippen molar-refractivity contribution >= 4 is 59.4 Å². The molecule has 5 N–H and O–H groups in total. The first-order valence-electron chi connectivity index (χ1n) is 51.9. The van der Waals surface area contributed by atoms with Crippen molar-refractivity contribution in [1.29, 1.82) is 10.5 Å². The van der Waals surface area contributed by atoms with Gasteiger partial charge in [0.25, 0.3) is 5.91 Å². The number of aliphatic carboxylic acids is 1. The fraction of sp³-hybridized carbons (Fsp3) is 0.750. The number of carbonyl (C=O) groups is 4. The van der Waals surface area contributed by atoms with Gasteiger partial charge in [0, 0.05) is 64.2 Å². The zero-order chi connectivity index (χ0) is 99.9. The summed E-state index contributed by atoms with van der Waals surface area (Å²) in [5.74, 6) is 4.24. The summed E-state index contributed by atoms with van der Waals surface area (Å²) in [5, 5.41) is 61.1. The Morgan fingerprint density at radius 3 is 1.24 bits per heavy atom. The van der Waals surface area contributed by atoms with Gasteiger partial charge in [-0.15, -0.1) is 0 Å². The number of carbonyl (C=O) groups excluding carboxylic acids is 3. The summed E-state index contributed by atoms with van der Waals surface area (Å²) < 4.78 is 66.8. The summed E-state index contributed by atoms with van der Waals surface area (Å²) in [6, 6.07) is 10.9. The highest BCUT2D eigenvalue weighted by Crippen LogP contribution is 2.80. The predicted octanol–water partition coefficient (Wildman–Crippen LogP) is 20.3. The number of hydrogen-bond donors (Lipinski definition) is 5. The zero-order valence-electron chi connectivity index (χ0n) is 86.1. The Labute approximate surface area is 829 Å². The summed E-state index contributed by atoms with van der Waals surface area (Å²) in [4.78, 5) is 61.2. The number of likely N-dealkylation sites (N-methyl/N-ethyl adjacent to an activating group) is 1. The van der Waals surface area contributed by atoms with Gasteiger partial charge < -0.3 is 50.0 Å². The summed E-state index contributed by atoms with van der Waals surface area (Å²) in [5.41, 5.74) is 5.93. The van der Waals surface area contributed by atoms with Crippen LogP contribution < -0.4 is 20.1 Å². The quantitative estimate of drug-likeness (QED) is 0.0350. The normalized spacial score (nSPS) is 39.3. The monoisotopic (exact) mass is 1990 g/mol. The summed E-state index contributed by atoms with van der Waals surface area (Å²) in [7, 11) is 0.561. The van der Waals surface area contributed by atoms with Gasteiger partial charge in [-0.2, -0.15) is 10.5 Å². The first-order valence-corrected chi connectivity index (χ1v) is 56.9. The van der Waals surface area contributed by atoms with Crippen LogP contribution in [0.15, 0.2) is 108 Å². The van der Waals surface area contributed by atoms with Crippen molar-refractivity contribution in [3.63, 3.8) is 0 Å². The van der Waals surface area contributed by atoms with Gasteiger partial charge in [0.2, 0.25) is 17.7 Å². The minimum Gasteiger partial charge on any atom is -0.481 e. The topological polar surface area (TPSA) is 329 Å². The number of aliphatic hydroxyl groups is 2. The lowest BCUT2D eigenvalue weighted by Gasteiger charge is -2.72. The number of carboxylic acids is 1. The number of pyridine rings is 2. The summed E-state index contributed by atoms with van der Waals surface area (Å²) >= 11 is 3.02. The Hall–Kier alpha value is -6.58. The average Bonchev–Trinajstić information content (AvgIpc) is 1.52. The van der Waals surface area contributed by atoms with Crippen molar-refractivity contribution in [2.45, 2.75) is 334 Å². The van der Waals surface area contributed by atoms with Gasteiger partial charge in [0.1, 0.15) is 67.0 Å². The molecular formula is C112H165BrN8O14S2. The van der Waals surface area contributed by atoms with Crippen LogP contribution in [0.25, 0.3) is 0 Å². The van der Waals surface area contributed by atoms with E-state index in [0.29, 0.717) is 178 Å². The zero-order valence-corrected chi connectivity index (χ0v) is 89.3. The van der Waals surface area contributed by atoms with Crippen LogP contribution in [-0.4, -0.2) is 187 Å². The minimum absolute atomic E-state index is 0.00946. The van der Waals surface area contributed by atoms with E-state index in [1.807, 2.05) is 0 Å². The van der Waals surface area contributed by atoms with Crippen molar-refractivity contribution in [1.82, 2.24) is 30.4 Å². The fourth-order valence-corrected chi connectivity index (χ4v) is 35.8. The number of alkyl halides is 1. The third kappa shape index (κ3) is 19.5. The molecule has 2 heterocycles. The fourth-order valence-electron chi connectivity index (χ4n) is 33.1. The highest BCUT2D eigenvalue weighted by molar-refractivity contribution is 9.09. The molecule has 0 radical (unpaired) electrons. The van der Waals surface area contributed by atoms with Crippen LogP contribution in [0.4, 0.5) is 0 Å². The van der Waals surface area contributed by atoms with Crippen LogP contribution in [-0.2, 0) is 43.6 Å². The number of carboxylic acid groups (broad SMARTS) is 1. The number of nitriles is 2. The molecule has 137 heavy (non-hydrogen) atoms. The van der Waals surface area contributed by atoms with Gasteiger partial charge in [0.05, 0.1) is 27.0 Å². The molecule has 0 unspecified atom stereocenters. The molecule has 22 nitrogen and oxygen atoms in total. The maximum atomic E-state index is 14.0. The smallest absolute Gasteiger partial charge is 0.316 e. The Morgan fingerprint density at radius 2 is 0.898 bits per heavy atom. The molecule has 0 saturated heterocycles. The molecule has 0 bridgehead atoms. The lowest BCUT2D eigenvalue weighted by Crippen LogP contribution is -2.68. The second-order valence-corrected chi connectivity index (χ2v) is 54.4. The van der Waals surface area contributed by atoms with Crippen molar-refractivity contribution in [2.24, 2.45) is 113 Å². The Morgan fingerprint density at radius 1 is 0.504 bits per heavy atom. The van der Waals surface area contributed by atoms with Crippen LogP contribution in [0.3, 0.4) is 0 Å². The number of allylic oxidation sites excluding steroid dienone is 10. The highest BCUT2D eigenvalue weighted by atomic mass is 79.9. The molecule has 0 aliphatic heterocycles. The SMILES string of the molecule is C=C(C)[C@@H]1CC[C@]2(NCCC3(O)CCC(S(C)(=O)=O)CC3)CC[C@]3(C)[C@H](CC[C@@H]4[C@@]5(C)CC=C(C6=CC[C@@](COc7ncccc7C#N)(C(=O)O)CC6)C(C)(C)[C@@H]5CC[C@]43C)[C@@H]12.C=C(C)[C@@H]1CC[C@]2(NCCC3(O)CCC(S(C)(=O)=O)CC3)CC[C@]3(C)[C@H](CC[C@@H]4[C@@]5(C)CC=C(C6=CC[C@@](COc7ncccc7C#N)(C(=O)OCC(=O)N(C)C)CC6)C(C)(C)[C@@H]5CC[C@]43C)[C@@H]12.CN(C)C(=O)CBr. The van der Waals surface area contributed by atoms with Crippen molar-refractivity contribution < 1.29 is 65.5 Å². The van der Waals surface area contributed by atoms with Gasteiger partial charge in [-0.1, -0.05) is 134 Å². The van der Waals surface area contributed by atoms with Crippen LogP contribution >= 0.6 is 15.9 Å². The molecule has 756 valence electrons. The van der Waals surface area contributed by atoms with E-state index < -0.39 is 53.6 Å². The van der Waals surface area contributed by atoms with E-state index in [2.05, 4.69) is 169 Å². The van der Waals surface area contributed by atoms with E-state index in [4.69, 9.17) is 14.2 Å². The third-order valence-electron chi connectivity index (χ3n) is 41.4. The molecule has 20 atom stereocenters. The second kappa shape index (κ2) is 39.5. The van der Waals surface area contributed by atoms with Crippen LogP contribution in [0, 0.1) is 136 Å². The number of fused-ring (bicyclic) bond motifs is 14. The number of aromatic nitrogens is 2. The van der Waals surface area contributed by atoms with Crippen LogP contribution in [0.5, 0.6) is 11.8 Å². The van der Waals surface area contributed by atoms with E-state index in [0.717, 1.165) is 58.0 Å². The molecule has 10 saturated carbocycles. The Kier molecular flexibility index (Phi) is 30.6. The van der Waals surface area contributed by atoms with Gasteiger partial charge >= 0.3 is 11.9 Å². The van der Waals surface area contributed by atoms with Gasteiger partial charge in [-0.05, 0) is 394 Å². The maximum Gasteiger partial charge on any atom is 0.316 e. The average molecular weight is 1990 g/mol. The number of rotatable bonds is 25. The molecule has 25 heteroatoms. The molecule has 2 amide bonds. The van der Waals surface area contributed by atoms with E-state index >= 15 is 0 Å². The molecule has 14 aliphatic rings. The number of hydrogen-bond acceptors (Lipinski definition) is 19. The first-order chi connectivity index (χ1) is 64.1. The standard InChI is InChI=1S/C56H82N4O7S.C52H75N3O6S.C4H8BrNO/c1-37(2)41-19-28-56(59-33-31-55(63)26-17-40(18-27-55)68(10,64)65)30-29-52(6)43(47(41)56)13-14-45-51(5)22-20-42(50(3,4)44(51)21-23-53(45,52)7)38-15-24-54(25-16-38,49(62)66-35-46(61)60(8)9)36-67-48-39(34-57)12-11-32-58-48;1-34(2)38-17-26-52(55-31-29-51(58)24-15-37(16-25-51)62(8,59)60)28-27-48(6)40(43(38)52)11-12-42-47(5)20-18-39(46(3,4)41(47)19-21-49(42,48)7)35-13-22-50(23-14-35,45(56)57)33-61-44-36(32-53)10-9-30-54-44;1-6(2)4(7)3-5/h11-12,15,20,32,40-41,43-45,47,59,63H,1,13-14,16-19,21-31,33,35-36H2,2-10H3;9-10,13,18,30,37-38,40-43,55,58H,1,11-12,14-17,19-29,31,33H2,2-8H3,(H,56,57);3H2,1-2H3/t40?,41-,43+,44-,45+,47+,51-,52+,53+,54+,55?,56-;37?,38-,40+,41-,42+,43+,47-,48+,49+,50+,51?,52-;/m00./s1. The molecular weight excluding hydrogens is 1830 g/mol. The number of amides is 2. The summed E-state index contributed by atoms with van der Waals surface area (Å²) in [6.07, 6.45) is 45.4.